The summed E-state index contributed by atoms with van der Waals surface area (Å²) in [5, 5.41) is 4.10. The minimum absolute atomic E-state index is 0.435. The predicted molar refractivity (Wildman–Crippen MR) is 75.0 cm³/mol. The highest BCUT2D eigenvalue weighted by Crippen LogP contribution is 2.25. The lowest BCUT2D eigenvalue weighted by Crippen LogP contribution is -2.53. The Kier molecular flexibility index (Phi) is 5.31. The average Bonchev–Trinajstić information content (AvgIpc) is 2.13. The maximum Gasteiger partial charge on any atom is 0.209 e. The van der Waals surface area contributed by atoms with Crippen LogP contribution in [-0.4, -0.2) is 43.8 Å². The van der Waals surface area contributed by atoms with E-state index < -0.39 is 15.6 Å². The Hall–Kier alpha value is 0.220. The van der Waals surface area contributed by atoms with Gasteiger partial charge in [-0.2, -0.15) is 11.8 Å². The number of hydrogen-bond donors (Lipinski definition) is 2. The Bertz CT molecular complexity index is 341. The number of sulfonamides is 1. The second-order valence-corrected chi connectivity index (χ2v) is 8.70. The molecule has 1 aliphatic heterocycles. The van der Waals surface area contributed by atoms with Gasteiger partial charge in [0.15, 0.2) is 0 Å². The fraction of sp³-hybridized carbons (Fsp3) is 1.00. The van der Waals surface area contributed by atoms with Gasteiger partial charge >= 0.3 is 0 Å². The van der Waals surface area contributed by atoms with Gasteiger partial charge in [0.1, 0.15) is 0 Å². The van der Waals surface area contributed by atoms with E-state index in [1.807, 2.05) is 25.6 Å². The molecular weight excluding hydrogens is 256 g/mol. The molecule has 1 heterocycles. The van der Waals surface area contributed by atoms with E-state index in [0.717, 1.165) is 0 Å². The quantitative estimate of drug-likeness (QED) is 0.794. The maximum atomic E-state index is 11.2. The van der Waals surface area contributed by atoms with Crippen LogP contribution in [0, 0.1) is 0 Å². The highest BCUT2D eigenvalue weighted by molar-refractivity contribution is 7.99. The van der Waals surface area contributed by atoms with Crippen molar-refractivity contribution in [2.45, 2.75) is 50.4 Å². The van der Waals surface area contributed by atoms with Gasteiger partial charge in [-0.05, 0) is 32.4 Å². The van der Waals surface area contributed by atoms with Crippen LogP contribution in [0.15, 0.2) is 0 Å². The highest BCUT2D eigenvalue weighted by Gasteiger charge is 2.26. The van der Waals surface area contributed by atoms with E-state index in [1.54, 1.807) is 0 Å². The van der Waals surface area contributed by atoms with Gasteiger partial charge in [-0.15, -0.1) is 0 Å². The molecule has 0 aromatic heterocycles. The van der Waals surface area contributed by atoms with E-state index in [-0.39, 0.29) is 0 Å². The van der Waals surface area contributed by atoms with Crippen molar-refractivity contribution in [3.05, 3.63) is 0 Å². The van der Waals surface area contributed by atoms with Crippen LogP contribution >= 0.6 is 11.8 Å². The first-order valence-electron chi connectivity index (χ1n) is 6.03. The first-order chi connectivity index (χ1) is 7.70. The van der Waals surface area contributed by atoms with Crippen LogP contribution in [0.3, 0.4) is 0 Å². The van der Waals surface area contributed by atoms with Gasteiger partial charge in [-0.3, -0.25) is 0 Å². The van der Waals surface area contributed by atoms with Crippen molar-refractivity contribution in [1.82, 2.24) is 10.0 Å². The molecule has 0 aromatic rings. The molecule has 1 fully saturated rings. The fourth-order valence-electron chi connectivity index (χ4n) is 2.12. The first-order valence-corrected chi connectivity index (χ1v) is 8.97. The van der Waals surface area contributed by atoms with Crippen LogP contribution in [0.5, 0.6) is 0 Å². The summed E-state index contributed by atoms with van der Waals surface area (Å²) in [4.78, 5) is 0. The normalized spacial score (nSPS) is 27.1. The van der Waals surface area contributed by atoms with E-state index in [0.29, 0.717) is 17.8 Å². The number of nitrogens with one attached hydrogen (secondary N) is 2. The molecule has 2 unspecified atom stereocenters. The Morgan fingerprint density at radius 2 is 2.06 bits per heavy atom. The van der Waals surface area contributed by atoms with Crippen molar-refractivity contribution in [3.63, 3.8) is 0 Å². The van der Waals surface area contributed by atoms with Crippen molar-refractivity contribution in [2.24, 2.45) is 0 Å². The Morgan fingerprint density at radius 3 is 2.59 bits per heavy atom. The van der Waals surface area contributed by atoms with Crippen molar-refractivity contribution in [3.8, 4) is 0 Å². The van der Waals surface area contributed by atoms with Gasteiger partial charge in [0.2, 0.25) is 10.0 Å². The average molecular weight is 280 g/mol. The molecule has 6 heteroatoms. The topological polar surface area (TPSA) is 58.2 Å². The summed E-state index contributed by atoms with van der Waals surface area (Å²) in [5.41, 5.74) is -0.435. The van der Waals surface area contributed by atoms with E-state index in [1.165, 1.54) is 24.9 Å². The van der Waals surface area contributed by atoms with Crippen LogP contribution in [0.1, 0.15) is 33.6 Å². The van der Waals surface area contributed by atoms with E-state index in [4.69, 9.17) is 0 Å². The molecule has 1 saturated heterocycles. The zero-order valence-corrected chi connectivity index (χ0v) is 12.7. The molecule has 0 bridgehead atoms. The Labute approximate surface area is 109 Å². The standard InChI is InChI=1S/C11H24N2O2S2/c1-9-10(6-5-7-16-9)12-8-11(2,3)13-17(4,14)15/h9-10,12-13H,5-8H2,1-4H3. The monoisotopic (exact) mass is 280 g/mol. The number of hydrogen-bond acceptors (Lipinski definition) is 4. The third-order valence-corrected chi connectivity index (χ3v) is 5.18. The summed E-state index contributed by atoms with van der Waals surface area (Å²) in [6.45, 7) is 6.71. The van der Waals surface area contributed by atoms with Gasteiger partial charge in [0.05, 0.1) is 6.26 Å². The van der Waals surface area contributed by atoms with E-state index in [9.17, 15) is 8.42 Å². The fourth-order valence-corrected chi connectivity index (χ4v) is 4.36. The minimum Gasteiger partial charge on any atom is -0.311 e. The summed E-state index contributed by atoms with van der Waals surface area (Å²) in [5.74, 6) is 1.24. The lowest BCUT2D eigenvalue weighted by atomic mass is 10.0. The van der Waals surface area contributed by atoms with Crippen LogP contribution in [0.2, 0.25) is 0 Å². The molecule has 1 rings (SSSR count). The molecule has 4 nitrogen and oxygen atoms in total. The van der Waals surface area contributed by atoms with Gasteiger partial charge in [-0.25, -0.2) is 13.1 Å². The van der Waals surface area contributed by atoms with E-state index in [2.05, 4.69) is 17.0 Å². The Morgan fingerprint density at radius 1 is 1.41 bits per heavy atom. The molecule has 102 valence electrons. The summed E-state index contributed by atoms with van der Waals surface area (Å²) in [7, 11) is -3.14. The molecule has 0 spiro atoms. The molecule has 0 amide bonds. The Balaban J connectivity index is 2.43. The molecule has 17 heavy (non-hydrogen) atoms. The lowest BCUT2D eigenvalue weighted by Gasteiger charge is -2.33. The van der Waals surface area contributed by atoms with Crippen molar-refractivity contribution >= 4 is 21.8 Å². The molecule has 2 atom stereocenters. The van der Waals surface area contributed by atoms with Gasteiger partial charge < -0.3 is 5.32 Å². The molecule has 0 aromatic carbocycles. The second-order valence-electron chi connectivity index (χ2n) is 5.46. The molecule has 0 radical (unpaired) electrons. The summed E-state index contributed by atoms with van der Waals surface area (Å²) in [6, 6.07) is 0.495. The zero-order valence-electron chi connectivity index (χ0n) is 11.1. The minimum atomic E-state index is -3.14. The van der Waals surface area contributed by atoms with Gasteiger partial charge in [0, 0.05) is 23.4 Å². The molecule has 0 saturated carbocycles. The van der Waals surface area contributed by atoms with Crippen molar-refractivity contribution in [1.29, 1.82) is 0 Å². The third-order valence-electron chi connectivity index (χ3n) is 2.87. The van der Waals surface area contributed by atoms with Gasteiger partial charge in [0.25, 0.3) is 0 Å². The van der Waals surface area contributed by atoms with Crippen molar-refractivity contribution < 1.29 is 8.42 Å². The zero-order chi connectivity index (χ0) is 13.1. The lowest BCUT2D eigenvalue weighted by molar-refractivity contribution is 0.371. The van der Waals surface area contributed by atoms with E-state index >= 15 is 0 Å². The van der Waals surface area contributed by atoms with Crippen LogP contribution in [0.25, 0.3) is 0 Å². The smallest absolute Gasteiger partial charge is 0.209 e. The summed E-state index contributed by atoms with van der Waals surface area (Å²) < 4.78 is 25.1. The molecular formula is C11H24N2O2S2. The maximum absolute atomic E-state index is 11.2. The van der Waals surface area contributed by atoms with Crippen molar-refractivity contribution in [2.75, 3.05) is 18.6 Å². The van der Waals surface area contributed by atoms with Crippen LogP contribution in [0.4, 0.5) is 0 Å². The van der Waals surface area contributed by atoms with Crippen LogP contribution in [-0.2, 0) is 10.0 Å². The highest BCUT2D eigenvalue weighted by atomic mass is 32.2. The largest absolute Gasteiger partial charge is 0.311 e. The van der Waals surface area contributed by atoms with Gasteiger partial charge in [-0.1, -0.05) is 6.92 Å². The third kappa shape index (κ3) is 6.08. The molecule has 0 aliphatic carbocycles. The predicted octanol–water partition coefficient (Wildman–Crippen LogP) is 1.19. The number of thioether (sulfide) groups is 1. The second kappa shape index (κ2) is 5.91. The summed E-state index contributed by atoms with van der Waals surface area (Å²) in [6.07, 6.45) is 3.63. The molecule has 1 aliphatic rings. The van der Waals surface area contributed by atoms with Crippen LogP contribution < -0.4 is 10.0 Å². The first kappa shape index (κ1) is 15.3. The SMILES string of the molecule is CC1SCCCC1NCC(C)(C)NS(C)(=O)=O. The molecule has 2 N–H and O–H groups in total. The summed E-state index contributed by atoms with van der Waals surface area (Å²) >= 11 is 1.99. The number of rotatable bonds is 5.